The molecular formula is C12H30N2O9. The Bertz CT molecular complexity index is 241. The number of hydrogen-bond donors (Lipinski definition) is 7. The van der Waals surface area contributed by atoms with Crippen LogP contribution in [0.25, 0.3) is 0 Å². The standard InChI is InChI=1S/C4H8O.4C2H4O2.2H3N/c1-3-4(2)5;4*1-2(3)4;;/h3-5H,1H2,2H3;4*1H3,(H,3,4);2*1H3. The minimum atomic E-state index is -0.833. The number of carboxylic acid groups (broad SMARTS) is 4. The van der Waals surface area contributed by atoms with Gasteiger partial charge in [0.15, 0.2) is 0 Å². The smallest absolute Gasteiger partial charge is 0.300 e. The van der Waals surface area contributed by atoms with Gasteiger partial charge >= 0.3 is 0 Å². The molecule has 1 unspecified atom stereocenters. The fourth-order valence-electron chi connectivity index (χ4n) is 0. The lowest BCUT2D eigenvalue weighted by molar-refractivity contribution is -0.135. The molecule has 0 saturated heterocycles. The second-order valence-corrected chi connectivity index (χ2v) is 3.05. The van der Waals surface area contributed by atoms with Gasteiger partial charge < -0.3 is 37.8 Å². The summed E-state index contributed by atoms with van der Waals surface area (Å²) >= 11 is 0. The molecule has 0 aromatic rings. The largest absolute Gasteiger partial charge is 0.481 e. The van der Waals surface area contributed by atoms with Crippen molar-refractivity contribution in [2.75, 3.05) is 0 Å². The Morgan fingerprint density at radius 2 is 0.783 bits per heavy atom. The minimum Gasteiger partial charge on any atom is -0.481 e. The van der Waals surface area contributed by atoms with E-state index in [2.05, 4.69) is 6.58 Å². The van der Waals surface area contributed by atoms with Crippen molar-refractivity contribution in [2.45, 2.75) is 40.7 Å². The normalized spacial score (nSPS) is 7.39. The molecular weight excluding hydrogens is 316 g/mol. The Morgan fingerprint density at radius 1 is 0.739 bits per heavy atom. The Hall–Kier alpha value is -2.50. The maximum Gasteiger partial charge on any atom is 0.300 e. The molecule has 0 aromatic heterocycles. The molecule has 0 bridgehead atoms. The molecule has 0 saturated carbocycles. The number of rotatable bonds is 1. The predicted molar refractivity (Wildman–Crippen MR) is 85.2 cm³/mol. The van der Waals surface area contributed by atoms with Gasteiger partial charge in [0.1, 0.15) is 0 Å². The first-order valence-corrected chi connectivity index (χ1v) is 5.29. The fourth-order valence-corrected chi connectivity index (χ4v) is 0. The van der Waals surface area contributed by atoms with Gasteiger partial charge in [-0.3, -0.25) is 19.2 Å². The molecule has 0 amide bonds. The molecule has 11 nitrogen and oxygen atoms in total. The summed E-state index contributed by atoms with van der Waals surface area (Å²) in [5.74, 6) is -3.33. The predicted octanol–water partition coefficient (Wildman–Crippen LogP) is 1.24. The molecule has 1 atom stereocenters. The van der Waals surface area contributed by atoms with E-state index in [0.717, 1.165) is 27.7 Å². The molecule has 23 heavy (non-hydrogen) atoms. The summed E-state index contributed by atoms with van der Waals surface area (Å²) in [7, 11) is 0. The van der Waals surface area contributed by atoms with Crippen LogP contribution in [0.3, 0.4) is 0 Å². The summed E-state index contributed by atoms with van der Waals surface area (Å²) in [4.78, 5) is 36.0. The summed E-state index contributed by atoms with van der Waals surface area (Å²) in [5.41, 5.74) is 0. The lowest BCUT2D eigenvalue weighted by Gasteiger charge is -1.84. The van der Waals surface area contributed by atoms with E-state index in [0.29, 0.717) is 0 Å². The highest BCUT2D eigenvalue weighted by atomic mass is 16.4. The van der Waals surface area contributed by atoms with Gasteiger partial charge in [-0.25, -0.2) is 0 Å². The van der Waals surface area contributed by atoms with Gasteiger partial charge in [0, 0.05) is 27.7 Å². The first-order chi connectivity index (χ1) is 9.20. The van der Waals surface area contributed by atoms with Crippen LogP contribution in [-0.2, 0) is 19.2 Å². The van der Waals surface area contributed by atoms with E-state index in [4.69, 9.17) is 44.7 Å². The second-order valence-electron chi connectivity index (χ2n) is 3.05. The first-order valence-electron chi connectivity index (χ1n) is 5.29. The Kier molecular flexibility index (Phi) is 68.1. The van der Waals surface area contributed by atoms with Crippen LogP contribution in [-0.4, -0.2) is 55.5 Å². The van der Waals surface area contributed by atoms with Crippen LogP contribution in [0, 0.1) is 0 Å². The van der Waals surface area contributed by atoms with Crippen molar-refractivity contribution in [1.29, 1.82) is 0 Å². The Balaban J connectivity index is -0.0000000273. The summed E-state index contributed by atoms with van der Waals surface area (Å²) in [6, 6.07) is 0. The third-order valence-corrected chi connectivity index (χ3v) is 0.341. The highest BCUT2D eigenvalue weighted by Gasteiger charge is 1.75. The summed E-state index contributed by atoms with van der Waals surface area (Å²) < 4.78 is 0. The lowest BCUT2D eigenvalue weighted by Crippen LogP contribution is -1.88. The van der Waals surface area contributed by atoms with Crippen LogP contribution in [0.5, 0.6) is 0 Å². The van der Waals surface area contributed by atoms with Gasteiger partial charge in [0.25, 0.3) is 23.9 Å². The molecule has 0 rings (SSSR count). The van der Waals surface area contributed by atoms with Crippen LogP contribution < -0.4 is 12.3 Å². The van der Waals surface area contributed by atoms with Crippen molar-refractivity contribution in [3.63, 3.8) is 0 Å². The Morgan fingerprint density at radius 3 is 0.783 bits per heavy atom. The maximum atomic E-state index is 9.00. The molecule has 0 spiro atoms. The van der Waals surface area contributed by atoms with Crippen LogP contribution in [0.2, 0.25) is 0 Å². The van der Waals surface area contributed by atoms with E-state index < -0.39 is 23.9 Å². The van der Waals surface area contributed by atoms with Gasteiger partial charge in [0.2, 0.25) is 0 Å². The van der Waals surface area contributed by atoms with Gasteiger partial charge in [-0.05, 0) is 6.92 Å². The van der Waals surface area contributed by atoms with Gasteiger partial charge in [-0.2, -0.15) is 0 Å². The molecule has 0 aliphatic heterocycles. The summed E-state index contributed by atoms with van der Waals surface area (Å²) in [6.07, 6.45) is 1.12. The zero-order valence-corrected chi connectivity index (χ0v) is 14.1. The van der Waals surface area contributed by atoms with Gasteiger partial charge in [0.05, 0.1) is 6.10 Å². The quantitative estimate of drug-likeness (QED) is 0.333. The number of carboxylic acids is 4. The van der Waals surface area contributed by atoms with Crippen LogP contribution in [0.15, 0.2) is 12.7 Å². The van der Waals surface area contributed by atoms with Crippen molar-refractivity contribution < 1.29 is 44.7 Å². The van der Waals surface area contributed by atoms with Crippen molar-refractivity contribution in [2.24, 2.45) is 0 Å². The van der Waals surface area contributed by atoms with Crippen molar-refractivity contribution >= 4 is 23.9 Å². The average Bonchev–Trinajstić information content (AvgIpc) is 2.13. The van der Waals surface area contributed by atoms with Crippen molar-refractivity contribution in [1.82, 2.24) is 12.3 Å². The zero-order valence-electron chi connectivity index (χ0n) is 14.1. The number of aliphatic hydroxyl groups excluding tert-OH is 1. The molecule has 142 valence electrons. The summed E-state index contributed by atoms with van der Waals surface area (Å²) in [6.45, 7) is 9.30. The number of carbonyl (C=O) groups is 4. The third kappa shape index (κ3) is 23900. The van der Waals surface area contributed by atoms with Gasteiger partial charge in [-0.1, -0.05) is 6.08 Å². The monoisotopic (exact) mass is 346 g/mol. The van der Waals surface area contributed by atoms with E-state index in [9.17, 15) is 0 Å². The van der Waals surface area contributed by atoms with Crippen molar-refractivity contribution in [3.8, 4) is 0 Å². The van der Waals surface area contributed by atoms with Crippen LogP contribution >= 0.6 is 0 Å². The highest BCUT2D eigenvalue weighted by molar-refractivity contribution is 5.63. The van der Waals surface area contributed by atoms with E-state index in [1.165, 1.54) is 6.08 Å². The van der Waals surface area contributed by atoms with Gasteiger partial charge in [-0.15, -0.1) is 6.58 Å². The molecule has 0 aliphatic rings. The molecule has 11 N–H and O–H groups in total. The van der Waals surface area contributed by atoms with Crippen LogP contribution in [0.4, 0.5) is 0 Å². The van der Waals surface area contributed by atoms with E-state index in [-0.39, 0.29) is 18.4 Å². The highest BCUT2D eigenvalue weighted by Crippen LogP contribution is 1.73. The third-order valence-electron chi connectivity index (χ3n) is 0.341. The maximum absolute atomic E-state index is 9.00. The lowest BCUT2D eigenvalue weighted by atomic mass is 10.4. The van der Waals surface area contributed by atoms with E-state index in [1.54, 1.807) is 6.92 Å². The number of hydrogen-bond acceptors (Lipinski definition) is 7. The number of aliphatic hydroxyl groups is 1. The topological polar surface area (TPSA) is 239 Å². The SMILES string of the molecule is C=CC(C)O.CC(=O)O.CC(=O)O.CC(=O)O.CC(=O)O.N.N. The van der Waals surface area contributed by atoms with E-state index in [1.807, 2.05) is 0 Å². The minimum absolute atomic E-state index is 0. The molecule has 0 aliphatic carbocycles. The molecule has 11 heteroatoms. The number of aliphatic carboxylic acids is 4. The molecule has 0 radical (unpaired) electrons. The molecule has 0 fully saturated rings. The zero-order chi connectivity index (χ0) is 18.6. The molecule has 0 aromatic carbocycles. The first kappa shape index (κ1) is 42.8. The fraction of sp³-hybridized carbons (Fsp3) is 0.500. The average molecular weight is 346 g/mol. The molecule has 0 heterocycles. The second kappa shape index (κ2) is 36.6. The summed E-state index contributed by atoms with van der Waals surface area (Å²) in [5, 5.41) is 37.9. The Labute approximate surface area is 135 Å². The van der Waals surface area contributed by atoms with Crippen LogP contribution in [0.1, 0.15) is 34.6 Å². The van der Waals surface area contributed by atoms with E-state index >= 15 is 0 Å². The van der Waals surface area contributed by atoms with Crippen molar-refractivity contribution in [3.05, 3.63) is 12.7 Å².